The van der Waals surface area contributed by atoms with Crippen molar-refractivity contribution < 1.29 is 0 Å². The van der Waals surface area contributed by atoms with Gasteiger partial charge in [-0.2, -0.15) is 0 Å². The minimum absolute atomic E-state index is 0.476. The highest BCUT2D eigenvalue weighted by atomic mass is 15.6. The maximum absolute atomic E-state index is 5.70. The van der Waals surface area contributed by atoms with Crippen molar-refractivity contribution in [2.24, 2.45) is 11.8 Å². The number of tetrazole rings is 1. The third kappa shape index (κ3) is 1.18. The number of nitrogen functional groups attached to an aromatic ring is 1. The summed E-state index contributed by atoms with van der Waals surface area (Å²) >= 11 is 0. The molecule has 2 saturated carbocycles. The fourth-order valence-electron chi connectivity index (χ4n) is 2.07. The van der Waals surface area contributed by atoms with Crippen LogP contribution in [0.4, 0.5) is 5.95 Å². The lowest BCUT2D eigenvalue weighted by Crippen LogP contribution is -2.17. The Kier molecular flexibility index (Phi) is 1.36. The highest BCUT2D eigenvalue weighted by Crippen LogP contribution is 2.52. The second-order valence-corrected chi connectivity index (χ2v) is 4.15. The molecule has 2 N–H and O–H groups in total. The van der Waals surface area contributed by atoms with Gasteiger partial charge in [-0.25, -0.2) is 4.68 Å². The second-order valence-electron chi connectivity index (χ2n) is 4.15. The van der Waals surface area contributed by atoms with Crippen molar-refractivity contribution in [3.8, 4) is 0 Å². The lowest BCUT2D eigenvalue weighted by atomic mass is 10.1. The molecule has 70 valence electrons. The van der Waals surface area contributed by atoms with Crippen molar-refractivity contribution in [3.63, 3.8) is 0 Å². The predicted molar refractivity (Wildman–Crippen MR) is 46.7 cm³/mol. The van der Waals surface area contributed by atoms with Gasteiger partial charge in [0.15, 0.2) is 0 Å². The summed E-state index contributed by atoms with van der Waals surface area (Å²) in [5.74, 6) is 2.06. The van der Waals surface area contributed by atoms with Gasteiger partial charge in [0.25, 0.3) is 0 Å². The molecular formula is C8H13N5. The summed E-state index contributed by atoms with van der Waals surface area (Å²) in [6.45, 7) is 0. The minimum Gasteiger partial charge on any atom is -0.367 e. The van der Waals surface area contributed by atoms with Crippen LogP contribution in [0.25, 0.3) is 0 Å². The SMILES string of the molecule is Nc1nnnn1C(C1CC1)C1CC1. The molecule has 0 unspecified atom stereocenters. The Hall–Kier alpha value is -1.13. The molecule has 1 heterocycles. The smallest absolute Gasteiger partial charge is 0.240 e. The summed E-state index contributed by atoms with van der Waals surface area (Å²) in [5, 5.41) is 11.3. The molecule has 2 aliphatic rings. The molecule has 1 aromatic heterocycles. The number of aromatic nitrogens is 4. The average Bonchev–Trinajstić information content (AvgIpc) is 2.96. The van der Waals surface area contributed by atoms with Gasteiger partial charge in [-0.1, -0.05) is 5.10 Å². The van der Waals surface area contributed by atoms with E-state index in [1.54, 1.807) is 0 Å². The van der Waals surface area contributed by atoms with E-state index in [4.69, 9.17) is 5.73 Å². The van der Waals surface area contributed by atoms with Gasteiger partial charge in [0, 0.05) is 0 Å². The summed E-state index contributed by atoms with van der Waals surface area (Å²) in [5.41, 5.74) is 5.70. The Balaban J connectivity index is 1.90. The normalized spacial score (nSPS) is 22.5. The van der Waals surface area contributed by atoms with Gasteiger partial charge < -0.3 is 5.73 Å². The molecule has 0 saturated heterocycles. The van der Waals surface area contributed by atoms with Gasteiger partial charge in [0.2, 0.25) is 5.95 Å². The highest BCUT2D eigenvalue weighted by molar-refractivity contribution is 5.14. The average molecular weight is 179 g/mol. The molecule has 2 fully saturated rings. The van der Waals surface area contributed by atoms with E-state index in [2.05, 4.69) is 15.5 Å². The summed E-state index contributed by atoms with van der Waals surface area (Å²) in [4.78, 5) is 0. The van der Waals surface area contributed by atoms with E-state index in [9.17, 15) is 0 Å². The lowest BCUT2D eigenvalue weighted by Gasteiger charge is -2.15. The van der Waals surface area contributed by atoms with Crippen LogP contribution in [0.5, 0.6) is 0 Å². The topological polar surface area (TPSA) is 69.6 Å². The number of nitrogens with two attached hydrogens (primary N) is 1. The first-order valence-electron chi connectivity index (χ1n) is 4.89. The summed E-state index contributed by atoms with van der Waals surface area (Å²) in [7, 11) is 0. The predicted octanol–water partition coefficient (Wildman–Crippen LogP) is 0.616. The molecule has 0 amide bonds. The first-order valence-corrected chi connectivity index (χ1v) is 4.89. The molecule has 5 nitrogen and oxygen atoms in total. The van der Waals surface area contributed by atoms with E-state index in [0.717, 1.165) is 11.8 Å². The summed E-state index contributed by atoms with van der Waals surface area (Å²) in [6.07, 6.45) is 5.28. The van der Waals surface area contributed by atoms with Gasteiger partial charge in [-0.3, -0.25) is 0 Å². The quantitative estimate of drug-likeness (QED) is 0.738. The first kappa shape index (κ1) is 7.29. The van der Waals surface area contributed by atoms with E-state index >= 15 is 0 Å². The Morgan fingerprint density at radius 2 is 1.85 bits per heavy atom. The Morgan fingerprint density at radius 1 is 1.23 bits per heavy atom. The molecule has 0 aliphatic heterocycles. The Bertz CT molecular complexity index is 300. The van der Waals surface area contributed by atoms with Crippen LogP contribution in [-0.4, -0.2) is 20.2 Å². The van der Waals surface area contributed by atoms with E-state index < -0.39 is 0 Å². The first-order chi connectivity index (χ1) is 6.36. The molecule has 0 spiro atoms. The largest absolute Gasteiger partial charge is 0.367 e. The molecular weight excluding hydrogens is 166 g/mol. The van der Waals surface area contributed by atoms with E-state index in [1.165, 1.54) is 25.7 Å². The monoisotopic (exact) mass is 179 g/mol. The maximum Gasteiger partial charge on any atom is 0.240 e. The molecule has 5 heteroatoms. The standard InChI is InChI=1S/C8H13N5/c9-8-10-11-12-13(8)7(5-1-2-5)6-3-4-6/h5-7H,1-4H2,(H2,9,10,12). The van der Waals surface area contributed by atoms with Crippen molar-refractivity contribution in [1.29, 1.82) is 0 Å². The molecule has 0 bridgehead atoms. The van der Waals surface area contributed by atoms with Crippen molar-refractivity contribution in [1.82, 2.24) is 20.2 Å². The number of hydrogen-bond donors (Lipinski definition) is 1. The Morgan fingerprint density at radius 3 is 2.23 bits per heavy atom. The van der Waals surface area contributed by atoms with Gasteiger partial charge in [0.1, 0.15) is 0 Å². The van der Waals surface area contributed by atoms with Crippen LogP contribution >= 0.6 is 0 Å². The van der Waals surface area contributed by atoms with Gasteiger partial charge in [-0.15, -0.1) is 0 Å². The molecule has 0 radical (unpaired) electrons. The maximum atomic E-state index is 5.70. The van der Waals surface area contributed by atoms with Crippen molar-refractivity contribution >= 4 is 5.95 Å². The molecule has 3 rings (SSSR count). The summed E-state index contributed by atoms with van der Waals surface area (Å²) < 4.78 is 1.83. The van der Waals surface area contributed by atoms with Crippen LogP contribution < -0.4 is 5.73 Å². The molecule has 0 atom stereocenters. The van der Waals surface area contributed by atoms with Crippen molar-refractivity contribution in [2.45, 2.75) is 31.7 Å². The van der Waals surface area contributed by atoms with Crippen LogP contribution in [-0.2, 0) is 0 Å². The molecule has 13 heavy (non-hydrogen) atoms. The fraction of sp³-hybridized carbons (Fsp3) is 0.875. The molecule has 0 aromatic carbocycles. The van der Waals surface area contributed by atoms with Crippen molar-refractivity contribution in [3.05, 3.63) is 0 Å². The zero-order valence-electron chi connectivity index (χ0n) is 7.43. The van der Waals surface area contributed by atoms with Crippen LogP contribution in [0.2, 0.25) is 0 Å². The zero-order chi connectivity index (χ0) is 8.84. The number of rotatable bonds is 3. The van der Waals surface area contributed by atoms with Crippen molar-refractivity contribution in [2.75, 3.05) is 5.73 Å². The van der Waals surface area contributed by atoms with Crippen LogP contribution in [0.1, 0.15) is 31.7 Å². The van der Waals surface area contributed by atoms with E-state index in [0.29, 0.717) is 12.0 Å². The van der Waals surface area contributed by atoms with Gasteiger partial charge >= 0.3 is 0 Å². The van der Waals surface area contributed by atoms with E-state index in [-0.39, 0.29) is 0 Å². The lowest BCUT2D eigenvalue weighted by molar-refractivity contribution is 0.358. The third-order valence-electron chi connectivity index (χ3n) is 3.01. The third-order valence-corrected chi connectivity index (χ3v) is 3.01. The van der Waals surface area contributed by atoms with Crippen LogP contribution in [0.15, 0.2) is 0 Å². The zero-order valence-corrected chi connectivity index (χ0v) is 7.43. The Labute approximate surface area is 76.3 Å². The molecule has 2 aliphatic carbocycles. The van der Waals surface area contributed by atoms with Crippen LogP contribution in [0.3, 0.4) is 0 Å². The minimum atomic E-state index is 0.476. The number of hydrogen-bond acceptors (Lipinski definition) is 4. The van der Waals surface area contributed by atoms with Gasteiger partial charge in [-0.05, 0) is 47.9 Å². The second kappa shape index (κ2) is 2.43. The number of anilines is 1. The number of nitrogens with zero attached hydrogens (tertiary/aromatic N) is 4. The van der Waals surface area contributed by atoms with Crippen LogP contribution in [0, 0.1) is 11.8 Å². The molecule has 1 aromatic rings. The fourth-order valence-corrected chi connectivity index (χ4v) is 2.07. The van der Waals surface area contributed by atoms with Gasteiger partial charge in [0.05, 0.1) is 6.04 Å². The summed E-state index contributed by atoms with van der Waals surface area (Å²) in [6, 6.07) is 0.495. The highest BCUT2D eigenvalue weighted by Gasteiger charge is 2.44. The van der Waals surface area contributed by atoms with E-state index in [1.807, 2.05) is 4.68 Å².